The largest absolute Gasteiger partial charge is 0.314 e. The summed E-state index contributed by atoms with van der Waals surface area (Å²) in [4.78, 5) is 0. The molecule has 1 saturated heterocycles. The molecule has 2 aliphatic rings. The lowest BCUT2D eigenvalue weighted by atomic mass is 9.69. The van der Waals surface area contributed by atoms with Gasteiger partial charge in [0.05, 0.1) is 0 Å². The molecule has 5 heteroatoms. The first-order chi connectivity index (χ1) is 11.1. The Balaban J connectivity index is 1.86. The smallest absolute Gasteiger partial charge is 0.0224 e. The predicted octanol–water partition coefficient (Wildman–Crippen LogP) is 0.531. The molecular weight excluding hydrogens is 286 g/mol. The summed E-state index contributed by atoms with van der Waals surface area (Å²) in [5, 5.41) is 18.1. The molecule has 5 nitrogen and oxygen atoms in total. The minimum atomic E-state index is 0.426. The summed E-state index contributed by atoms with van der Waals surface area (Å²) < 4.78 is 0. The van der Waals surface area contributed by atoms with Crippen LogP contribution in [0.1, 0.15) is 40.0 Å². The SMILES string of the molecule is CC(C)(C)[C@@H]1CC[C@H]2NCCNCCNCCNCCN[C@@H]2C1. The van der Waals surface area contributed by atoms with E-state index in [9.17, 15) is 0 Å². The lowest BCUT2D eigenvalue weighted by Crippen LogP contribution is -2.54. The number of nitrogens with one attached hydrogen (secondary N) is 5. The van der Waals surface area contributed by atoms with Gasteiger partial charge < -0.3 is 26.6 Å². The van der Waals surface area contributed by atoms with E-state index in [1.165, 1.54) is 19.3 Å². The fourth-order valence-corrected chi connectivity index (χ4v) is 3.85. The van der Waals surface area contributed by atoms with Gasteiger partial charge in [0, 0.05) is 64.4 Å². The maximum atomic E-state index is 3.83. The van der Waals surface area contributed by atoms with E-state index in [2.05, 4.69) is 47.4 Å². The second-order valence-electron chi connectivity index (χ2n) is 8.25. The molecule has 0 bridgehead atoms. The Kier molecular flexibility index (Phi) is 8.27. The average Bonchev–Trinajstić information content (AvgIpc) is 2.52. The van der Waals surface area contributed by atoms with E-state index in [1.807, 2.05) is 0 Å². The summed E-state index contributed by atoms with van der Waals surface area (Å²) in [5.41, 5.74) is 0.426. The second-order valence-corrected chi connectivity index (χ2v) is 8.25. The van der Waals surface area contributed by atoms with Crippen molar-refractivity contribution in [2.24, 2.45) is 11.3 Å². The maximum Gasteiger partial charge on any atom is 0.0224 e. The van der Waals surface area contributed by atoms with Gasteiger partial charge in [-0.1, -0.05) is 20.8 Å². The molecule has 1 aliphatic heterocycles. The van der Waals surface area contributed by atoms with Crippen LogP contribution in [0.5, 0.6) is 0 Å². The van der Waals surface area contributed by atoms with Crippen molar-refractivity contribution in [3.63, 3.8) is 0 Å². The second kappa shape index (κ2) is 9.94. The molecule has 1 heterocycles. The summed E-state index contributed by atoms with van der Waals surface area (Å²) in [6.07, 6.45) is 3.96. The van der Waals surface area contributed by atoms with Gasteiger partial charge in [0.25, 0.3) is 0 Å². The van der Waals surface area contributed by atoms with Crippen LogP contribution < -0.4 is 26.6 Å². The Labute approximate surface area is 143 Å². The molecule has 3 atom stereocenters. The molecule has 1 saturated carbocycles. The van der Waals surface area contributed by atoms with Gasteiger partial charge in [-0.15, -0.1) is 0 Å². The highest BCUT2D eigenvalue weighted by Gasteiger charge is 2.35. The lowest BCUT2D eigenvalue weighted by Gasteiger charge is -2.42. The highest BCUT2D eigenvalue weighted by molar-refractivity contribution is 4.93. The first kappa shape index (κ1) is 19.1. The summed E-state index contributed by atoms with van der Waals surface area (Å²) in [5.74, 6) is 0.829. The van der Waals surface area contributed by atoms with Crippen LogP contribution in [-0.4, -0.2) is 64.4 Å². The van der Waals surface area contributed by atoms with Gasteiger partial charge in [-0.2, -0.15) is 0 Å². The minimum absolute atomic E-state index is 0.426. The summed E-state index contributed by atoms with van der Waals surface area (Å²) in [7, 11) is 0. The van der Waals surface area contributed by atoms with Gasteiger partial charge in [0.2, 0.25) is 0 Å². The van der Waals surface area contributed by atoms with Crippen LogP contribution in [0.3, 0.4) is 0 Å². The van der Waals surface area contributed by atoms with E-state index in [-0.39, 0.29) is 0 Å². The number of fused-ring (bicyclic) bond motifs is 1. The Morgan fingerprint density at radius 3 is 1.61 bits per heavy atom. The van der Waals surface area contributed by atoms with Crippen LogP contribution in [0.4, 0.5) is 0 Å². The average molecular weight is 326 g/mol. The van der Waals surface area contributed by atoms with Crippen molar-refractivity contribution < 1.29 is 0 Å². The molecule has 0 aromatic carbocycles. The van der Waals surface area contributed by atoms with E-state index in [0.717, 1.165) is 58.3 Å². The molecule has 136 valence electrons. The Bertz CT molecular complexity index is 315. The molecule has 2 fully saturated rings. The van der Waals surface area contributed by atoms with Crippen LogP contribution in [0.25, 0.3) is 0 Å². The van der Waals surface area contributed by atoms with Crippen molar-refractivity contribution in [3.8, 4) is 0 Å². The Morgan fingerprint density at radius 1 is 0.609 bits per heavy atom. The molecule has 23 heavy (non-hydrogen) atoms. The van der Waals surface area contributed by atoms with Crippen molar-refractivity contribution in [2.45, 2.75) is 52.1 Å². The number of hydrogen-bond acceptors (Lipinski definition) is 5. The quantitative estimate of drug-likeness (QED) is 0.450. The van der Waals surface area contributed by atoms with Crippen molar-refractivity contribution in [1.82, 2.24) is 26.6 Å². The third-order valence-electron chi connectivity index (χ3n) is 5.45. The Hall–Kier alpha value is -0.200. The van der Waals surface area contributed by atoms with E-state index in [1.54, 1.807) is 0 Å². The van der Waals surface area contributed by atoms with Gasteiger partial charge in [0.1, 0.15) is 0 Å². The Morgan fingerprint density at radius 2 is 1.09 bits per heavy atom. The van der Waals surface area contributed by atoms with Crippen molar-refractivity contribution in [1.29, 1.82) is 0 Å². The standard InChI is InChI=1S/C18H39N5/c1-18(2,3)15-4-5-16-17(14-15)23-13-11-21-9-7-19-6-8-20-10-12-22-16/h15-17,19-23H,4-14H2,1-3H3/t15-,16-,17-/m1/s1. The van der Waals surface area contributed by atoms with Crippen LogP contribution in [0.15, 0.2) is 0 Å². The van der Waals surface area contributed by atoms with Gasteiger partial charge in [-0.25, -0.2) is 0 Å². The predicted molar refractivity (Wildman–Crippen MR) is 99.0 cm³/mol. The molecule has 0 aromatic heterocycles. The van der Waals surface area contributed by atoms with Crippen molar-refractivity contribution in [3.05, 3.63) is 0 Å². The van der Waals surface area contributed by atoms with E-state index >= 15 is 0 Å². The first-order valence-electron chi connectivity index (χ1n) is 9.66. The first-order valence-corrected chi connectivity index (χ1v) is 9.66. The molecule has 0 radical (unpaired) electrons. The monoisotopic (exact) mass is 325 g/mol. The summed E-state index contributed by atoms with van der Waals surface area (Å²) in [6.45, 7) is 15.7. The lowest BCUT2D eigenvalue weighted by molar-refractivity contribution is 0.130. The number of hydrogen-bond donors (Lipinski definition) is 5. The highest BCUT2D eigenvalue weighted by Crippen LogP contribution is 2.37. The van der Waals surface area contributed by atoms with Crippen molar-refractivity contribution in [2.75, 3.05) is 52.4 Å². The molecule has 0 amide bonds. The zero-order valence-corrected chi connectivity index (χ0v) is 15.5. The van der Waals surface area contributed by atoms with Gasteiger partial charge in [-0.3, -0.25) is 0 Å². The molecule has 5 N–H and O–H groups in total. The molecule has 0 unspecified atom stereocenters. The normalized spacial score (nSPS) is 33.3. The fourth-order valence-electron chi connectivity index (χ4n) is 3.85. The van der Waals surface area contributed by atoms with Crippen LogP contribution in [-0.2, 0) is 0 Å². The summed E-state index contributed by atoms with van der Waals surface area (Å²) in [6, 6.07) is 1.23. The van der Waals surface area contributed by atoms with Crippen LogP contribution in [0.2, 0.25) is 0 Å². The minimum Gasteiger partial charge on any atom is -0.314 e. The molecule has 1 aliphatic carbocycles. The highest BCUT2D eigenvalue weighted by atomic mass is 15.1. The number of rotatable bonds is 0. The van der Waals surface area contributed by atoms with Gasteiger partial charge in [0.15, 0.2) is 0 Å². The molecular formula is C18H39N5. The van der Waals surface area contributed by atoms with Crippen molar-refractivity contribution >= 4 is 0 Å². The maximum absolute atomic E-state index is 3.83. The zero-order valence-electron chi connectivity index (χ0n) is 15.5. The van der Waals surface area contributed by atoms with Crippen LogP contribution in [0, 0.1) is 11.3 Å². The van der Waals surface area contributed by atoms with E-state index in [4.69, 9.17) is 0 Å². The molecule has 2 rings (SSSR count). The fraction of sp³-hybridized carbons (Fsp3) is 1.00. The third-order valence-corrected chi connectivity index (χ3v) is 5.45. The van der Waals surface area contributed by atoms with E-state index < -0.39 is 0 Å². The van der Waals surface area contributed by atoms with E-state index in [0.29, 0.717) is 17.5 Å². The molecule has 0 aromatic rings. The van der Waals surface area contributed by atoms with Gasteiger partial charge in [-0.05, 0) is 30.6 Å². The molecule has 0 spiro atoms. The van der Waals surface area contributed by atoms with Gasteiger partial charge >= 0.3 is 0 Å². The zero-order chi connectivity index (χ0) is 16.5. The topological polar surface area (TPSA) is 60.1 Å². The third kappa shape index (κ3) is 7.06. The summed E-state index contributed by atoms with van der Waals surface area (Å²) >= 11 is 0. The van der Waals surface area contributed by atoms with Crippen LogP contribution >= 0.6 is 0 Å².